The van der Waals surface area contributed by atoms with Gasteiger partial charge in [0.1, 0.15) is 19.8 Å². The molecule has 0 rings (SSSR count). The summed E-state index contributed by atoms with van der Waals surface area (Å²) < 4.78 is 33.8. The van der Waals surface area contributed by atoms with Gasteiger partial charge in [0.2, 0.25) is 0 Å². The standard InChI is InChI=1S/C42H84NO8P/c1-6-8-10-12-14-16-17-18-19-20-21-22-23-24-25-26-27-29-31-33-35-42(45)51-40(39-50-52(46,47)49-37-36-43(3,4)5)38-48-41(44)34-32-30-28-15-13-11-9-7-2/h40H,6-39H2,1-5H3/t40-/m1/s1. The summed E-state index contributed by atoms with van der Waals surface area (Å²) in [4.78, 5) is 37.3. The fraction of sp³-hybridized carbons (Fsp3) is 0.952. The molecule has 1 unspecified atom stereocenters. The summed E-state index contributed by atoms with van der Waals surface area (Å²) in [5.41, 5.74) is 0. The smallest absolute Gasteiger partial charge is 0.306 e. The third-order valence-corrected chi connectivity index (χ3v) is 10.6. The zero-order valence-electron chi connectivity index (χ0n) is 34.8. The van der Waals surface area contributed by atoms with Gasteiger partial charge in [-0.05, 0) is 12.8 Å². The first-order chi connectivity index (χ1) is 25.0. The van der Waals surface area contributed by atoms with E-state index < -0.39 is 26.5 Å². The number of nitrogens with zero attached hydrogens (tertiary/aromatic N) is 1. The number of phosphoric acid groups is 1. The Morgan fingerprint density at radius 1 is 0.519 bits per heavy atom. The maximum atomic E-state index is 12.6. The molecule has 0 aliphatic heterocycles. The van der Waals surface area contributed by atoms with E-state index in [1.54, 1.807) is 0 Å². The van der Waals surface area contributed by atoms with E-state index in [1.807, 2.05) is 21.1 Å². The second-order valence-electron chi connectivity index (χ2n) is 16.1. The number of carbonyl (C=O) groups excluding carboxylic acids is 2. The van der Waals surface area contributed by atoms with Crippen LogP contribution in [0.3, 0.4) is 0 Å². The summed E-state index contributed by atoms with van der Waals surface area (Å²) in [7, 11) is 1.18. The van der Waals surface area contributed by atoms with Crippen LogP contribution in [0.5, 0.6) is 0 Å². The van der Waals surface area contributed by atoms with Crippen LogP contribution in [0.2, 0.25) is 0 Å². The molecule has 0 amide bonds. The highest BCUT2D eigenvalue weighted by atomic mass is 31.2. The van der Waals surface area contributed by atoms with E-state index in [2.05, 4.69) is 13.8 Å². The lowest BCUT2D eigenvalue weighted by Crippen LogP contribution is -2.37. The third-order valence-electron chi connectivity index (χ3n) is 9.63. The van der Waals surface area contributed by atoms with Crippen molar-refractivity contribution in [3.05, 3.63) is 0 Å². The predicted octanol–water partition coefficient (Wildman–Crippen LogP) is 11.4. The van der Waals surface area contributed by atoms with E-state index >= 15 is 0 Å². The molecule has 310 valence electrons. The Balaban J connectivity index is 4.20. The first-order valence-corrected chi connectivity index (χ1v) is 23.2. The number of hydrogen-bond acceptors (Lipinski definition) is 8. The van der Waals surface area contributed by atoms with Crippen LogP contribution in [-0.4, -0.2) is 70.0 Å². The molecule has 0 N–H and O–H groups in total. The number of esters is 2. The van der Waals surface area contributed by atoms with Crippen LogP contribution in [-0.2, 0) is 32.7 Å². The Kier molecular flexibility index (Phi) is 35.0. The van der Waals surface area contributed by atoms with Crippen LogP contribution < -0.4 is 4.89 Å². The minimum Gasteiger partial charge on any atom is -0.756 e. The molecule has 0 bridgehead atoms. The molecule has 10 heteroatoms. The van der Waals surface area contributed by atoms with Gasteiger partial charge in [0, 0.05) is 12.8 Å². The number of unbranched alkanes of at least 4 members (excludes halogenated alkanes) is 26. The molecule has 0 aromatic heterocycles. The summed E-state index contributed by atoms with van der Waals surface area (Å²) in [6.45, 7) is 4.22. The van der Waals surface area contributed by atoms with Crippen molar-refractivity contribution in [1.82, 2.24) is 0 Å². The van der Waals surface area contributed by atoms with Crippen molar-refractivity contribution in [1.29, 1.82) is 0 Å². The lowest BCUT2D eigenvalue weighted by molar-refractivity contribution is -0.870. The maximum Gasteiger partial charge on any atom is 0.306 e. The van der Waals surface area contributed by atoms with Crippen molar-refractivity contribution in [2.45, 2.75) is 213 Å². The molecule has 0 saturated heterocycles. The van der Waals surface area contributed by atoms with Gasteiger partial charge in [-0.15, -0.1) is 0 Å². The zero-order chi connectivity index (χ0) is 38.6. The lowest BCUT2D eigenvalue weighted by atomic mass is 10.0. The van der Waals surface area contributed by atoms with Crippen molar-refractivity contribution >= 4 is 19.8 Å². The molecule has 0 aromatic rings. The van der Waals surface area contributed by atoms with E-state index in [0.29, 0.717) is 17.4 Å². The highest BCUT2D eigenvalue weighted by Crippen LogP contribution is 2.38. The van der Waals surface area contributed by atoms with E-state index in [-0.39, 0.29) is 32.0 Å². The van der Waals surface area contributed by atoms with E-state index in [1.165, 1.54) is 141 Å². The summed E-state index contributed by atoms with van der Waals surface area (Å²) in [5, 5.41) is 0. The Morgan fingerprint density at radius 3 is 1.23 bits per heavy atom. The molecule has 0 fully saturated rings. The van der Waals surface area contributed by atoms with Gasteiger partial charge >= 0.3 is 11.9 Å². The average molecular weight is 762 g/mol. The Hall–Kier alpha value is -0.990. The fourth-order valence-corrected chi connectivity index (χ4v) is 6.91. The van der Waals surface area contributed by atoms with E-state index in [0.717, 1.165) is 32.1 Å². The second-order valence-corrected chi connectivity index (χ2v) is 17.5. The fourth-order valence-electron chi connectivity index (χ4n) is 6.18. The van der Waals surface area contributed by atoms with Gasteiger partial charge in [-0.3, -0.25) is 14.2 Å². The number of rotatable bonds is 40. The quantitative estimate of drug-likeness (QED) is 0.0263. The Labute approximate surface area is 321 Å². The molecule has 0 heterocycles. The monoisotopic (exact) mass is 762 g/mol. The van der Waals surface area contributed by atoms with Gasteiger partial charge in [-0.1, -0.05) is 181 Å². The molecule has 9 nitrogen and oxygen atoms in total. The Morgan fingerprint density at radius 2 is 0.865 bits per heavy atom. The van der Waals surface area contributed by atoms with Crippen molar-refractivity contribution < 1.29 is 42.1 Å². The first-order valence-electron chi connectivity index (χ1n) is 21.7. The minimum absolute atomic E-state index is 0.0260. The van der Waals surface area contributed by atoms with Gasteiger partial charge in [-0.25, -0.2) is 0 Å². The molecule has 2 atom stereocenters. The number of phosphoric ester groups is 1. The van der Waals surface area contributed by atoms with Gasteiger partial charge in [0.05, 0.1) is 27.7 Å². The molecule has 0 aliphatic rings. The van der Waals surface area contributed by atoms with Crippen LogP contribution in [0.25, 0.3) is 0 Å². The van der Waals surface area contributed by atoms with Crippen LogP contribution in [0, 0.1) is 0 Å². The average Bonchev–Trinajstić information content (AvgIpc) is 3.09. The predicted molar refractivity (Wildman–Crippen MR) is 213 cm³/mol. The molecule has 0 saturated carbocycles. The lowest BCUT2D eigenvalue weighted by Gasteiger charge is -2.28. The number of likely N-dealkylation sites (N-methyl/N-ethyl adjacent to an activating group) is 1. The number of carbonyl (C=O) groups is 2. The summed E-state index contributed by atoms with van der Waals surface area (Å²) >= 11 is 0. The van der Waals surface area contributed by atoms with Gasteiger partial charge in [0.25, 0.3) is 7.82 Å². The van der Waals surface area contributed by atoms with E-state index in [9.17, 15) is 19.0 Å². The zero-order valence-corrected chi connectivity index (χ0v) is 35.7. The van der Waals surface area contributed by atoms with Gasteiger partial charge < -0.3 is 27.9 Å². The van der Waals surface area contributed by atoms with Crippen LogP contribution in [0.1, 0.15) is 206 Å². The first kappa shape index (κ1) is 51.0. The largest absolute Gasteiger partial charge is 0.756 e. The number of ether oxygens (including phenoxy) is 2. The summed E-state index contributed by atoms with van der Waals surface area (Å²) in [6.07, 6.45) is 34.3. The molecule has 52 heavy (non-hydrogen) atoms. The molecule has 0 aromatic carbocycles. The van der Waals surface area contributed by atoms with E-state index in [4.69, 9.17) is 18.5 Å². The SMILES string of the molecule is CCCCCCCCCCCCCCCCCCCCCCC(=O)O[C@H](COC(=O)CCCCCCCCCC)COP(=O)([O-])OCC[N+](C)(C)C. The molecular formula is C42H84NO8P. The van der Waals surface area contributed by atoms with Crippen molar-refractivity contribution in [3.63, 3.8) is 0 Å². The summed E-state index contributed by atoms with van der Waals surface area (Å²) in [5.74, 6) is -0.826. The molecular weight excluding hydrogens is 677 g/mol. The normalized spacial score (nSPS) is 13.6. The minimum atomic E-state index is -4.61. The maximum absolute atomic E-state index is 12.6. The van der Waals surface area contributed by atoms with Gasteiger partial charge in [-0.2, -0.15) is 0 Å². The highest BCUT2D eigenvalue weighted by Gasteiger charge is 2.21. The third kappa shape index (κ3) is 38.7. The Bertz CT molecular complexity index is 865. The number of hydrogen-bond donors (Lipinski definition) is 0. The van der Waals surface area contributed by atoms with Crippen LogP contribution in [0.15, 0.2) is 0 Å². The number of quaternary nitrogens is 1. The summed E-state index contributed by atoms with van der Waals surface area (Å²) in [6, 6.07) is 0. The van der Waals surface area contributed by atoms with Crippen molar-refractivity contribution in [2.24, 2.45) is 0 Å². The van der Waals surface area contributed by atoms with Crippen molar-refractivity contribution in [3.8, 4) is 0 Å². The molecule has 0 aliphatic carbocycles. The molecule has 0 radical (unpaired) electrons. The highest BCUT2D eigenvalue weighted by molar-refractivity contribution is 7.45. The van der Waals surface area contributed by atoms with Crippen LogP contribution in [0.4, 0.5) is 0 Å². The topological polar surface area (TPSA) is 111 Å². The van der Waals surface area contributed by atoms with Gasteiger partial charge in [0.15, 0.2) is 6.10 Å². The molecule has 0 spiro atoms. The van der Waals surface area contributed by atoms with Crippen molar-refractivity contribution in [2.75, 3.05) is 47.5 Å². The second kappa shape index (κ2) is 35.7. The van der Waals surface area contributed by atoms with Crippen LogP contribution >= 0.6 is 7.82 Å².